The van der Waals surface area contributed by atoms with Crippen molar-refractivity contribution in [2.75, 3.05) is 49.1 Å². The van der Waals surface area contributed by atoms with Crippen LogP contribution in [0.4, 0.5) is 29.3 Å². The normalized spacial score (nSPS) is 21.5. The Morgan fingerprint density at radius 1 is 1.20 bits per heavy atom. The highest BCUT2D eigenvalue weighted by Crippen LogP contribution is 2.47. The van der Waals surface area contributed by atoms with Crippen LogP contribution in [0.25, 0.3) is 0 Å². The minimum Gasteiger partial charge on any atom is -0.480 e. The highest BCUT2D eigenvalue weighted by Gasteiger charge is 2.59. The summed E-state index contributed by atoms with van der Waals surface area (Å²) >= 11 is 0. The standard InChI is InChI=1S/C21H23F3N4O7/c22-14-9-12(27-11-13(35-20(27)33)10-25-17(29)16(23)24)1-2-15(14)26-5-6-28(34-8-7-26)18(30)21(3-4-21)19(31)32/h1-2,9,13,16H,3-8,10-11H2,(H,25,29)(H,31,32)/t13-/m0/s1. The number of carboxylic acid groups (broad SMARTS) is 1. The molecule has 0 aromatic heterocycles. The van der Waals surface area contributed by atoms with E-state index in [4.69, 9.17) is 9.57 Å². The number of rotatable bonds is 7. The maximum atomic E-state index is 15.0. The molecule has 35 heavy (non-hydrogen) atoms. The van der Waals surface area contributed by atoms with Crippen LogP contribution in [0.15, 0.2) is 18.2 Å². The van der Waals surface area contributed by atoms with Crippen molar-refractivity contribution >= 4 is 35.3 Å². The molecule has 2 aliphatic heterocycles. The number of anilines is 2. The summed E-state index contributed by atoms with van der Waals surface area (Å²) in [6.07, 6.45) is -4.37. The first-order chi connectivity index (χ1) is 16.6. The molecule has 1 saturated carbocycles. The third-order valence-corrected chi connectivity index (χ3v) is 6.14. The number of carboxylic acids is 1. The molecule has 1 atom stereocenters. The maximum Gasteiger partial charge on any atom is 0.414 e. The third kappa shape index (κ3) is 4.97. The molecule has 14 heteroatoms. The quantitative estimate of drug-likeness (QED) is 0.531. The number of ether oxygens (including phenoxy) is 1. The number of nitrogens with zero attached hydrogens (tertiary/aromatic N) is 3. The number of nitrogens with one attached hydrogen (secondary N) is 1. The summed E-state index contributed by atoms with van der Waals surface area (Å²) in [5.74, 6) is -3.94. The number of hydrogen-bond acceptors (Lipinski definition) is 7. The number of halogens is 3. The Morgan fingerprint density at radius 3 is 2.57 bits per heavy atom. The fourth-order valence-electron chi connectivity index (χ4n) is 3.98. The topological polar surface area (TPSA) is 129 Å². The van der Waals surface area contributed by atoms with Gasteiger partial charge in [0.1, 0.15) is 17.3 Å². The molecule has 0 spiro atoms. The van der Waals surface area contributed by atoms with Crippen LogP contribution < -0.4 is 15.1 Å². The lowest BCUT2D eigenvalue weighted by atomic mass is 10.1. The van der Waals surface area contributed by atoms with Crippen molar-refractivity contribution in [3.05, 3.63) is 24.0 Å². The molecule has 3 amide bonds. The van der Waals surface area contributed by atoms with Crippen LogP contribution >= 0.6 is 0 Å². The lowest BCUT2D eigenvalue weighted by Gasteiger charge is -2.24. The molecule has 2 heterocycles. The number of benzene rings is 1. The molecule has 4 rings (SSSR count). The summed E-state index contributed by atoms with van der Waals surface area (Å²) in [6, 6.07) is 4.05. The Hall–Kier alpha value is -3.55. The first-order valence-electron chi connectivity index (χ1n) is 10.9. The number of alkyl halides is 2. The van der Waals surface area contributed by atoms with Crippen LogP contribution in [-0.2, 0) is 24.0 Å². The average molecular weight is 500 g/mol. The number of carbonyl (C=O) groups excluding carboxylic acids is 3. The molecule has 0 radical (unpaired) electrons. The molecule has 0 bridgehead atoms. The van der Waals surface area contributed by atoms with Gasteiger partial charge in [-0.25, -0.2) is 14.2 Å². The number of hydroxylamine groups is 2. The minimum absolute atomic E-state index is 0.0348. The zero-order valence-corrected chi connectivity index (χ0v) is 18.4. The highest BCUT2D eigenvalue weighted by molar-refractivity contribution is 6.04. The van der Waals surface area contributed by atoms with Crippen LogP contribution in [0, 0.1) is 11.2 Å². The van der Waals surface area contributed by atoms with Crippen LogP contribution in [0.1, 0.15) is 12.8 Å². The van der Waals surface area contributed by atoms with E-state index in [2.05, 4.69) is 0 Å². The van der Waals surface area contributed by atoms with E-state index < -0.39 is 47.6 Å². The largest absolute Gasteiger partial charge is 0.480 e. The minimum atomic E-state index is -3.19. The summed E-state index contributed by atoms with van der Waals surface area (Å²) in [6.45, 7) is 0.124. The monoisotopic (exact) mass is 500 g/mol. The molecule has 190 valence electrons. The fourth-order valence-corrected chi connectivity index (χ4v) is 3.98. The lowest BCUT2D eigenvalue weighted by molar-refractivity contribution is -0.191. The fraction of sp³-hybridized carbons (Fsp3) is 0.524. The van der Waals surface area contributed by atoms with E-state index in [1.54, 1.807) is 4.90 Å². The van der Waals surface area contributed by atoms with Crippen molar-refractivity contribution in [1.29, 1.82) is 0 Å². The van der Waals surface area contributed by atoms with Gasteiger partial charge in [-0.15, -0.1) is 0 Å². The van der Waals surface area contributed by atoms with Gasteiger partial charge in [-0.3, -0.25) is 24.1 Å². The molecule has 3 fully saturated rings. The summed E-state index contributed by atoms with van der Waals surface area (Å²) in [5, 5.41) is 12.3. The second kappa shape index (κ2) is 9.60. The van der Waals surface area contributed by atoms with Crippen LogP contribution in [0.2, 0.25) is 0 Å². The number of aliphatic carboxylic acids is 1. The molecule has 1 aromatic carbocycles. The summed E-state index contributed by atoms with van der Waals surface area (Å²) in [5.41, 5.74) is -1.06. The van der Waals surface area contributed by atoms with E-state index in [0.29, 0.717) is 0 Å². The van der Waals surface area contributed by atoms with Crippen molar-refractivity contribution in [2.24, 2.45) is 5.41 Å². The van der Waals surface area contributed by atoms with Crippen molar-refractivity contribution in [1.82, 2.24) is 10.4 Å². The second-order valence-corrected chi connectivity index (χ2v) is 8.41. The second-order valence-electron chi connectivity index (χ2n) is 8.41. The summed E-state index contributed by atoms with van der Waals surface area (Å²) in [7, 11) is 0. The molecular formula is C21H23F3N4O7. The molecule has 11 nitrogen and oxygen atoms in total. The van der Waals surface area contributed by atoms with E-state index in [9.17, 15) is 37.5 Å². The first-order valence-corrected chi connectivity index (χ1v) is 10.9. The van der Waals surface area contributed by atoms with Gasteiger partial charge < -0.3 is 20.1 Å². The Morgan fingerprint density at radius 2 is 1.94 bits per heavy atom. The molecule has 1 aromatic rings. The number of hydrogen-bond donors (Lipinski definition) is 2. The first kappa shape index (κ1) is 24.6. The Labute approximate surface area is 197 Å². The Kier molecular flexibility index (Phi) is 6.74. The van der Waals surface area contributed by atoms with Gasteiger partial charge in [-0.2, -0.15) is 8.78 Å². The Balaban J connectivity index is 1.38. The Bertz CT molecular complexity index is 1040. The zero-order chi connectivity index (χ0) is 25.3. The van der Waals surface area contributed by atoms with Gasteiger partial charge in [0, 0.05) is 13.1 Å². The highest BCUT2D eigenvalue weighted by atomic mass is 19.3. The van der Waals surface area contributed by atoms with Gasteiger partial charge in [-0.05, 0) is 31.0 Å². The van der Waals surface area contributed by atoms with Crippen molar-refractivity contribution in [2.45, 2.75) is 25.4 Å². The molecule has 2 saturated heterocycles. The predicted octanol–water partition coefficient (Wildman–Crippen LogP) is 0.977. The van der Waals surface area contributed by atoms with Crippen LogP contribution in [-0.4, -0.2) is 85.9 Å². The van der Waals surface area contributed by atoms with Crippen molar-refractivity contribution in [3.63, 3.8) is 0 Å². The number of cyclic esters (lactones) is 1. The summed E-state index contributed by atoms with van der Waals surface area (Å²) in [4.78, 5) is 55.3. The van der Waals surface area contributed by atoms with E-state index in [1.807, 2.05) is 5.32 Å². The average Bonchev–Trinajstić information content (AvgIpc) is 3.59. The lowest BCUT2D eigenvalue weighted by Crippen LogP contribution is -2.42. The molecule has 0 unspecified atom stereocenters. The van der Waals surface area contributed by atoms with Gasteiger partial charge in [0.2, 0.25) is 0 Å². The van der Waals surface area contributed by atoms with Gasteiger partial charge in [0.25, 0.3) is 11.8 Å². The maximum absolute atomic E-state index is 15.0. The van der Waals surface area contributed by atoms with E-state index in [0.717, 1.165) is 16.0 Å². The smallest absolute Gasteiger partial charge is 0.414 e. The van der Waals surface area contributed by atoms with Gasteiger partial charge >= 0.3 is 18.5 Å². The van der Waals surface area contributed by atoms with E-state index >= 15 is 0 Å². The van der Waals surface area contributed by atoms with Crippen LogP contribution in [0.3, 0.4) is 0 Å². The number of carbonyl (C=O) groups is 4. The van der Waals surface area contributed by atoms with Crippen molar-refractivity contribution in [3.8, 4) is 0 Å². The molecular weight excluding hydrogens is 477 g/mol. The predicted molar refractivity (Wildman–Crippen MR) is 112 cm³/mol. The molecule has 2 N–H and O–H groups in total. The molecule has 3 aliphatic rings. The molecule has 1 aliphatic carbocycles. The van der Waals surface area contributed by atoms with Crippen molar-refractivity contribution < 1.29 is 47.0 Å². The van der Waals surface area contributed by atoms with Gasteiger partial charge in [-0.1, -0.05) is 0 Å². The third-order valence-electron chi connectivity index (χ3n) is 6.14. The van der Waals surface area contributed by atoms with Crippen LogP contribution in [0.5, 0.6) is 0 Å². The number of amides is 3. The SMILES string of the molecule is O=C(NC[C@H]1CN(c2ccc(N3CCON(C(=O)C4(C(=O)O)CC4)CC3)c(F)c2)C(=O)O1)C(F)F. The zero-order valence-electron chi connectivity index (χ0n) is 18.4. The van der Waals surface area contributed by atoms with Gasteiger partial charge in [0.15, 0.2) is 0 Å². The van der Waals surface area contributed by atoms with E-state index in [1.165, 1.54) is 12.1 Å². The van der Waals surface area contributed by atoms with Gasteiger partial charge in [0.05, 0.1) is 37.6 Å². The van der Waals surface area contributed by atoms with E-state index in [-0.39, 0.29) is 63.5 Å². The summed E-state index contributed by atoms with van der Waals surface area (Å²) < 4.78 is 44.6.